The predicted octanol–water partition coefficient (Wildman–Crippen LogP) is 1.84. The molecule has 1 unspecified atom stereocenters. The number of nitrogens with two attached hydrogens (primary N) is 1. The molecule has 9 nitrogen and oxygen atoms in total. The van der Waals surface area contributed by atoms with Crippen LogP contribution in [0.2, 0.25) is 0 Å². The first-order valence-corrected chi connectivity index (χ1v) is 9.06. The summed E-state index contributed by atoms with van der Waals surface area (Å²) in [5, 5.41) is 9.65. The van der Waals surface area contributed by atoms with Crippen molar-refractivity contribution in [3.63, 3.8) is 0 Å². The third-order valence-electron chi connectivity index (χ3n) is 3.90. The third kappa shape index (κ3) is 7.53. The van der Waals surface area contributed by atoms with Crippen molar-refractivity contribution in [3.8, 4) is 11.5 Å². The summed E-state index contributed by atoms with van der Waals surface area (Å²) < 4.78 is 15.3. The average Bonchev–Trinajstić information content (AvgIpc) is 2.55. The van der Waals surface area contributed by atoms with Gasteiger partial charge in [-0.25, -0.2) is 0 Å². The first-order chi connectivity index (χ1) is 13.3. The van der Waals surface area contributed by atoms with Gasteiger partial charge >= 0.3 is 23.9 Å². The monoisotopic (exact) mass is 409 g/mol. The second-order valence-electron chi connectivity index (χ2n) is 7.21. The minimum atomic E-state index is -1.74. The summed E-state index contributed by atoms with van der Waals surface area (Å²) >= 11 is 0. The Balaban J connectivity index is 3.10. The molecule has 0 radical (unpaired) electrons. The average molecular weight is 409 g/mol. The van der Waals surface area contributed by atoms with Gasteiger partial charge in [0, 0.05) is 26.7 Å². The van der Waals surface area contributed by atoms with E-state index in [1.165, 1.54) is 32.0 Å². The summed E-state index contributed by atoms with van der Waals surface area (Å²) in [5.74, 6) is -3.33. The Morgan fingerprint density at radius 2 is 1.59 bits per heavy atom. The maximum atomic E-state index is 11.8. The van der Waals surface area contributed by atoms with E-state index in [1.807, 2.05) is 0 Å². The second-order valence-corrected chi connectivity index (χ2v) is 7.21. The fraction of sp³-hybridized carbons (Fsp3) is 0.500. The van der Waals surface area contributed by atoms with Crippen LogP contribution in [-0.4, -0.2) is 40.6 Å². The number of hydrogen-bond donors (Lipinski definition) is 2. The Morgan fingerprint density at radius 3 is 2.07 bits per heavy atom. The van der Waals surface area contributed by atoms with Gasteiger partial charge in [0.15, 0.2) is 11.5 Å². The van der Waals surface area contributed by atoms with Crippen molar-refractivity contribution in [2.75, 3.05) is 0 Å². The van der Waals surface area contributed by atoms with Crippen LogP contribution in [0, 0.1) is 5.92 Å². The molecule has 29 heavy (non-hydrogen) atoms. The van der Waals surface area contributed by atoms with Crippen LogP contribution in [0.15, 0.2) is 18.2 Å². The standard InChI is InChI=1S/C20H27NO8/c1-11(2)18(24)27-12(3)9-20(21,19(25)26)10-15-6-7-16(28-13(4)22)17(8-15)29-14(5)23/h6-8,11-12H,9-10,21H2,1-5H3,(H,25,26)/t12-,20?/m0/s1. The SMILES string of the molecule is CC(=O)Oc1ccc(CC(N)(C[C@H](C)OC(=O)C(C)C)C(=O)O)cc1OC(C)=O. The number of aliphatic carboxylic acids is 1. The normalized spacial score (nSPS) is 13.9. The van der Waals surface area contributed by atoms with E-state index >= 15 is 0 Å². The number of hydrogen-bond acceptors (Lipinski definition) is 8. The zero-order valence-corrected chi connectivity index (χ0v) is 17.2. The Morgan fingerprint density at radius 1 is 1.03 bits per heavy atom. The minimum Gasteiger partial charge on any atom is -0.480 e. The number of esters is 3. The molecule has 9 heteroatoms. The zero-order chi connectivity index (χ0) is 22.4. The van der Waals surface area contributed by atoms with Crippen molar-refractivity contribution in [2.45, 2.75) is 59.1 Å². The molecule has 0 saturated heterocycles. The molecule has 3 N–H and O–H groups in total. The van der Waals surface area contributed by atoms with Gasteiger partial charge < -0.3 is 25.1 Å². The van der Waals surface area contributed by atoms with Crippen molar-refractivity contribution in [1.82, 2.24) is 0 Å². The number of carboxylic acid groups (broad SMARTS) is 1. The highest BCUT2D eigenvalue weighted by atomic mass is 16.6. The smallest absolute Gasteiger partial charge is 0.324 e. The Labute approximate surface area is 169 Å². The van der Waals surface area contributed by atoms with Gasteiger partial charge in [0.2, 0.25) is 0 Å². The molecule has 160 valence electrons. The van der Waals surface area contributed by atoms with E-state index in [2.05, 4.69) is 0 Å². The summed E-state index contributed by atoms with van der Waals surface area (Å²) in [4.78, 5) is 46.1. The van der Waals surface area contributed by atoms with Crippen molar-refractivity contribution >= 4 is 23.9 Å². The lowest BCUT2D eigenvalue weighted by Gasteiger charge is -2.28. The summed E-state index contributed by atoms with van der Waals surface area (Å²) in [6, 6.07) is 4.29. The lowest BCUT2D eigenvalue weighted by atomic mass is 9.86. The molecule has 0 aliphatic carbocycles. The zero-order valence-electron chi connectivity index (χ0n) is 17.2. The van der Waals surface area contributed by atoms with Crippen molar-refractivity contribution < 1.29 is 38.5 Å². The number of rotatable bonds is 9. The van der Waals surface area contributed by atoms with E-state index in [4.69, 9.17) is 19.9 Å². The summed E-state index contributed by atoms with van der Waals surface area (Å²) in [5.41, 5.74) is 4.80. The van der Waals surface area contributed by atoms with Crippen LogP contribution < -0.4 is 15.2 Å². The minimum absolute atomic E-state index is 0.0219. The first kappa shape index (κ1) is 24.1. The van der Waals surface area contributed by atoms with Gasteiger partial charge in [-0.15, -0.1) is 0 Å². The fourth-order valence-electron chi connectivity index (χ4n) is 2.62. The van der Waals surface area contributed by atoms with Gasteiger partial charge in [-0.2, -0.15) is 0 Å². The highest BCUT2D eigenvalue weighted by Crippen LogP contribution is 2.31. The molecule has 0 spiro atoms. The summed E-state index contributed by atoms with van der Waals surface area (Å²) in [6.45, 7) is 7.28. The van der Waals surface area contributed by atoms with Crippen LogP contribution in [-0.2, 0) is 30.3 Å². The van der Waals surface area contributed by atoms with Crippen molar-refractivity contribution in [2.24, 2.45) is 11.7 Å². The highest BCUT2D eigenvalue weighted by molar-refractivity contribution is 5.79. The van der Waals surface area contributed by atoms with E-state index < -0.39 is 35.5 Å². The van der Waals surface area contributed by atoms with Crippen LogP contribution >= 0.6 is 0 Å². The molecular weight excluding hydrogens is 382 g/mol. The van der Waals surface area contributed by atoms with Crippen LogP contribution in [0.3, 0.4) is 0 Å². The topological polar surface area (TPSA) is 142 Å². The Bertz CT molecular complexity index is 789. The molecule has 0 aliphatic rings. The highest BCUT2D eigenvalue weighted by Gasteiger charge is 2.37. The molecule has 0 aliphatic heterocycles. The Kier molecular flexibility index (Phi) is 8.32. The molecule has 0 heterocycles. The van der Waals surface area contributed by atoms with Gasteiger partial charge in [0.05, 0.1) is 5.92 Å². The third-order valence-corrected chi connectivity index (χ3v) is 3.90. The van der Waals surface area contributed by atoms with Crippen LogP contribution in [0.25, 0.3) is 0 Å². The molecule has 0 amide bonds. The molecule has 1 rings (SSSR count). The van der Waals surface area contributed by atoms with Crippen molar-refractivity contribution in [1.29, 1.82) is 0 Å². The van der Waals surface area contributed by atoms with Crippen LogP contribution in [0.4, 0.5) is 0 Å². The largest absolute Gasteiger partial charge is 0.480 e. The summed E-state index contributed by atoms with van der Waals surface area (Å²) in [7, 11) is 0. The van der Waals surface area contributed by atoms with E-state index in [-0.39, 0.29) is 30.3 Å². The van der Waals surface area contributed by atoms with Crippen molar-refractivity contribution in [3.05, 3.63) is 23.8 Å². The summed E-state index contributed by atoms with van der Waals surface area (Å²) in [6.07, 6.45) is -0.991. The number of carboxylic acids is 1. The maximum absolute atomic E-state index is 11.8. The second kappa shape index (κ2) is 10.0. The quantitative estimate of drug-likeness (QED) is 0.461. The fourth-order valence-corrected chi connectivity index (χ4v) is 2.62. The number of benzene rings is 1. The molecule has 0 bridgehead atoms. The first-order valence-electron chi connectivity index (χ1n) is 9.06. The van der Waals surface area contributed by atoms with E-state index in [1.54, 1.807) is 20.8 Å². The lowest BCUT2D eigenvalue weighted by molar-refractivity contribution is -0.156. The molecule has 1 aromatic carbocycles. The number of carbonyl (C=O) groups excluding carboxylic acids is 3. The molecule has 2 atom stereocenters. The molecule has 0 aromatic heterocycles. The lowest BCUT2D eigenvalue weighted by Crippen LogP contribution is -2.52. The maximum Gasteiger partial charge on any atom is 0.324 e. The Hall–Kier alpha value is -2.94. The van der Waals surface area contributed by atoms with E-state index in [9.17, 15) is 24.3 Å². The molecular formula is C20H27NO8. The van der Waals surface area contributed by atoms with Crippen LogP contribution in [0.5, 0.6) is 11.5 Å². The predicted molar refractivity (Wildman–Crippen MR) is 102 cm³/mol. The van der Waals surface area contributed by atoms with Gasteiger partial charge in [0.1, 0.15) is 11.6 Å². The van der Waals surface area contributed by atoms with E-state index in [0.717, 1.165) is 0 Å². The number of carbonyl (C=O) groups is 4. The van der Waals surface area contributed by atoms with Crippen LogP contribution in [0.1, 0.15) is 46.6 Å². The molecule has 0 saturated carbocycles. The van der Waals surface area contributed by atoms with Gasteiger partial charge in [-0.05, 0) is 24.6 Å². The van der Waals surface area contributed by atoms with Gasteiger partial charge in [-0.3, -0.25) is 19.2 Å². The van der Waals surface area contributed by atoms with Gasteiger partial charge in [-0.1, -0.05) is 19.9 Å². The number of ether oxygens (including phenoxy) is 3. The molecule has 0 fully saturated rings. The molecule has 1 aromatic rings. The van der Waals surface area contributed by atoms with E-state index in [0.29, 0.717) is 5.56 Å². The van der Waals surface area contributed by atoms with Gasteiger partial charge in [0.25, 0.3) is 0 Å².